The van der Waals surface area contributed by atoms with Crippen molar-refractivity contribution < 1.29 is 17.4 Å². The minimum atomic E-state index is 0. The number of rotatable bonds is 4. The molecule has 88 valence electrons. The van der Waals surface area contributed by atoms with E-state index in [0.717, 1.165) is 16.5 Å². The average Bonchev–Trinajstić information content (AvgIpc) is 2.09. The van der Waals surface area contributed by atoms with Crippen molar-refractivity contribution in [3.63, 3.8) is 0 Å². The molecular weight excluding hydrogens is 232 g/mol. The molecule has 0 aliphatic rings. The van der Waals surface area contributed by atoms with Crippen LogP contribution in [-0.2, 0) is 0 Å². The first-order valence-corrected chi connectivity index (χ1v) is 5.44. The number of thioether (sulfide) groups is 1. The maximum atomic E-state index is 5.10. The summed E-state index contributed by atoms with van der Waals surface area (Å²) < 4.78 is 0. The van der Waals surface area contributed by atoms with Crippen LogP contribution in [0.4, 0.5) is 0 Å². The van der Waals surface area contributed by atoms with Crippen molar-refractivity contribution in [3.8, 4) is 0 Å². The van der Waals surface area contributed by atoms with Crippen molar-refractivity contribution in [1.29, 1.82) is 0 Å². The van der Waals surface area contributed by atoms with Crippen molar-refractivity contribution in [2.75, 3.05) is 5.75 Å². The second-order valence-electron chi connectivity index (χ2n) is 3.27. The monoisotopic (exact) mass is 250 g/mol. The highest BCUT2D eigenvalue weighted by Gasteiger charge is 2.07. The van der Waals surface area contributed by atoms with E-state index in [4.69, 9.17) is 5.84 Å². The van der Waals surface area contributed by atoms with E-state index >= 15 is 0 Å². The fourth-order valence-electron chi connectivity index (χ4n) is 0.651. The third kappa shape index (κ3) is 11.4. The van der Waals surface area contributed by atoms with Crippen molar-refractivity contribution in [2.24, 2.45) is 10.8 Å². The van der Waals surface area contributed by atoms with Gasteiger partial charge in [-0.05, 0) is 37.5 Å². The Balaban J connectivity index is 0. The Hall–Kier alpha value is -0.520. The molecule has 0 aromatic carbocycles. The number of aliphatic imine (C=N–C) groups is 1. The molecular formula is C9H19ClN4S. The zero-order valence-electron chi connectivity index (χ0n) is 9.38. The highest BCUT2D eigenvalue weighted by Crippen LogP contribution is 2.05. The summed E-state index contributed by atoms with van der Waals surface area (Å²) in [6, 6.07) is 0.359. The van der Waals surface area contributed by atoms with Crippen LogP contribution in [0.5, 0.6) is 0 Å². The largest absolute Gasteiger partial charge is 1.00 e. The number of nitrogens with two attached hydrogens (primary N) is 1. The predicted octanol–water partition coefficient (Wildman–Crippen LogP) is -3.36. The van der Waals surface area contributed by atoms with Gasteiger partial charge in [0, 0.05) is 5.75 Å². The third-order valence-corrected chi connectivity index (χ3v) is 2.26. The van der Waals surface area contributed by atoms with E-state index in [9.17, 15) is 0 Å². The van der Waals surface area contributed by atoms with Crippen LogP contribution in [0.25, 0.3) is 0 Å². The molecule has 0 aromatic heterocycles. The van der Waals surface area contributed by atoms with Gasteiger partial charge in [-0.3, -0.25) is 10.4 Å². The first kappa shape index (κ1) is 16.9. The highest BCUT2D eigenvalue weighted by atomic mass is 35.5. The Kier molecular flexibility index (Phi) is 11.3. The zero-order chi connectivity index (χ0) is 11.0. The summed E-state index contributed by atoms with van der Waals surface area (Å²) in [5.41, 5.74) is 3.49. The molecule has 0 heterocycles. The number of nitrogens with one attached hydrogen (secondary N) is 2. The number of hydrogen-bond donors (Lipinski definition) is 3. The SMILES string of the molecule is C=C(C)CSC(/N=C/NN)=[NH+]C(C)C.[Cl-]. The van der Waals surface area contributed by atoms with Crippen LogP contribution in [0.3, 0.4) is 0 Å². The first-order chi connectivity index (χ1) is 6.56. The van der Waals surface area contributed by atoms with Gasteiger partial charge in [0.25, 0.3) is 0 Å². The summed E-state index contributed by atoms with van der Waals surface area (Å²) in [6.07, 6.45) is 1.45. The molecule has 0 saturated heterocycles. The molecule has 0 atom stereocenters. The van der Waals surface area contributed by atoms with Crippen LogP contribution in [0, 0.1) is 0 Å². The summed E-state index contributed by atoms with van der Waals surface area (Å²) in [4.78, 5) is 7.34. The minimum Gasteiger partial charge on any atom is -1.00 e. The quantitative estimate of drug-likeness (QED) is 0.161. The standard InChI is InChI=1S/C9H18N4S.ClH/c1-7(2)5-14-9(11-6-12-10)13-8(3)4;/h6,8H,1,5,10H2,2-4H3,(H,11,12,13);1H. The summed E-state index contributed by atoms with van der Waals surface area (Å²) in [5.74, 6) is 5.95. The van der Waals surface area contributed by atoms with E-state index in [-0.39, 0.29) is 12.4 Å². The molecule has 0 unspecified atom stereocenters. The summed E-state index contributed by atoms with van der Waals surface area (Å²) in [6.45, 7) is 9.95. The Bertz CT molecular complexity index is 238. The molecule has 0 radical (unpaired) electrons. The third-order valence-electron chi connectivity index (χ3n) is 1.12. The zero-order valence-corrected chi connectivity index (χ0v) is 11.0. The van der Waals surface area contributed by atoms with E-state index in [1.54, 1.807) is 11.8 Å². The molecule has 0 rings (SSSR count). The van der Waals surface area contributed by atoms with Crippen molar-refractivity contribution in [2.45, 2.75) is 26.8 Å². The molecule has 0 saturated carbocycles. The molecule has 15 heavy (non-hydrogen) atoms. The van der Waals surface area contributed by atoms with Crippen molar-refractivity contribution in [3.05, 3.63) is 12.2 Å². The number of halogens is 1. The minimum absolute atomic E-state index is 0. The number of hydrogen-bond acceptors (Lipinski definition) is 2. The molecule has 0 spiro atoms. The average molecular weight is 251 g/mol. The van der Waals surface area contributed by atoms with Crippen LogP contribution < -0.4 is 28.7 Å². The van der Waals surface area contributed by atoms with E-state index in [2.05, 4.69) is 35.8 Å². The molecule has 0 amide bonds. The number of nitrogens with zero attached hydrogens (tertiary/aromatic N) is 1. The normalized spacial score (nSPS) is 11.7. The van der Waals surface area contributed by atoms with Gasteiger partial charge in [0.1, 0.15) is 0 Å². The van der Waals surface area contributed by atoms with Crippen LogP contribution in [0.15, 0.2) is 17.1 Å². The number of hydrazine groups is 1. The lowest BCUT2D eigenvalue weighted by Crippen LogP contribution is -3.00. The Morgan fingerprint density at radius 1 is 1.67 bits per heavy atom. The van der Waals surface area contributed by atoms with Gasteiger partial charge in [-0.1, -0.05) is 12.2 Å². The fourth-order valence-corrected chi connectivity index (χ4v) is 1.48. The Morgan fingerprint density at radius 3 is 2.67 bits per heavy atom. The molecule has 4 N–H and O–H groups in total. The van der Waals surface area contributed by atoms with E-state index in [0.29, 0.717) is 6.04 Å². The van der Waals surface area contributed by atoms with Crippen LogP contribution in [0.1, 0.15) is 20.8 Å². The van der Waals surface area contributed by atoms with Gasteiger partial charge >= 0.3 is 5.17 Å². The van der Waals surface area contributed by atoms with Gasteiger partial charge in [-0.15, -0.1) is 0 Å². The smallest absolute Gasteiger partial charge is 0.354 e. The van der Waals surface area contributed by atoms with Crippen LogP contribution in [0.2, 0.25) is 0 Å². The summed E-state index contributed by atoms with van der Waals surface area (Å²) >= 11 is 1.61. The second-order valence-corrected chi connectivity index (χ2v) is 4.24. The number of amidine groups is 1. The van der Waals surface area contributed by atoms with Crippen molar-refractivity contribution >= 4 is 23.3 Å². The fraction of sp³-hybridized carbons (Fsp3) is 0.556. The topological polar surface area (TPSA) is 64.4 Å². The lowest BCUT2D eigenvalue weighted by atomic mass is 10.4. The highest BCUT2D eigenvalue weighted by molar-refractivity contribution is 8.13. The summed E-state index contributed by atoms with van der Waals surface area (Å²) in [7, 11) is 0. The lowest BCUT2D eigenvalue weighted by molar-refractivity contribution is -0.491. The van der Waals surface area contributed by atoms with Gasteiger partial charge < -0.3 is 12.4 Å². The maximum absolute atomic E-state index is 5.10. The van der Waals surface area contributed by atoms with Gasteiger partial charge in [0.05, 0.1) is 6.04 Å². The lowest BCUT2D eigenvalue weighted by Gasteiger charge is -1.96. The van der Waals surface area contributed by atoms with E-state index in [1.165, 1.54) is 6.34 Å². The molecule has 4 nitrogen and oxygen atoms in total. The van der Waals surface area contributed by atoms with E-state index in [1.807, 2.05) is 6.92 Å². The van der Waals surface area contributed by atoms with Gasteiger partial charge in [0.15, 0.2) is 0 Å². The predicted molar refractivity (Wildman–Crippen MR) is 64.2 cm³/mol. The first-order valence-electron chi connectivity index (χ1n) is 4.45. The molecule has 0 aliphatic heterocycles. The van der Waals surface area contributed by atoms with Gasteiger partial charge in [-0.25, -0.2) is 5.84 Å². The molecule has 0 bridgehead atoms. The Morgan fingerprint density at radius 2 is 2.27 bits per heavy atom. The van der Waals surface area contributed by atoms with Crippen LogP contribution in [-0.4, -0.2) is 23.3 Å². The second kappa shape index (κ2) is 10.0. The molecule has 0 aromatic rings. The molecule has 6 heteroatoms. The van der Waals surface area contributed by atoms with Gasteiger partial charge in [-0.2, -0.15) is 0 Å². The maximum Gasteiger partial charge on any atom is 0.354 e. The van der Waals surface area contributed by atoms with E-state index < -0.39 is 0 Å². The van der Waals surface area contributed by atoms with Gasteiger partial charge in [0.2, 0.25) is 6.34 Å². The molecule has 0 aliphatic carbocycles. The summed E-state index contributed by atoms with van der Waals surface area (Å²) in [5, 5.41) is 0.848. The van der Waals surface area contributed by atoms with Crippen molar-refractivity contribution in [1.82, 2.24) is 5.43 Å². The van der Waals surface area contributed by atoms with Crippen LogP contribution >= 0.6 is 11.8 Å². The Labute approximate surface area is 102 Å². The molecule has 0 fully saturated rings.